The van der Waals surface area contributed by atoms with Crippen molar-refractivity contribution in [3.05, 3.63) is 82.9 Å². The van der Waals surface area contributed by atoms with Crippen molar-refractivity contribution in [2.24, 2.45) is 11.3 Å². The number of rotatable bonds is 5. The number of hydrogen-bond donors (Lipinski definition) is 0. The van der Waals surface area contributed by atoms with Gasteiger partial charge in [0.1, 0.15) is 0 Å². The van der Waals surface area contributed by atoms with E-state index in [2.05, 4.69) is 51.1 Å². The van der Waals surface area contributed by atoms with E-state index < -0.39 is 0 Å². The molecule has 0 fully saturated rings. The first-order valence-electron chi connectivity index (χ1n) is 8.78. The zero-order valence-corrected chi connectivity index (χ0v) is 14.9. The van der Waals surface area contributed by atoms with Crippen molar-refractivity contribution in [1.29, 1.82) is 0 Å². The lowest BCUT2D eigenvalue weighted by Gasteiger charge is -2.18. The van der Waals surface area contributed by atoms with E-state index in [1.807, 2.05) is 30.3 Å². The van der Waals surface area contributed by atoms with Gasteiger partial charge in [0.2, 0.25) is 0 Å². The van der Waals surface area contributed by atoms with Gasteiger partial charge in [0.05, 0.1) is 0 Å². The number of Topliss-reactive ketones (excluding diaryl/α,β-unsaturated/α-hetero) is 1. The molecule has 1 unspecified atom stereocenters. The lowest BCUT2D eigenvalue weighted by Crippen LogP contribution is -2.13. The van der Waals surface area contributed by atoms with Crippen LogP contribution in [-0.2, 0) is 6.42 Å². The van der Waals surface area contributed by atoms with Crippen LogP contribution in [0, 0.1) is 18.3 Å². The van der Waals surface area contributed by atoms with Crippen LogP contribution in [0.4, 0.5) is 0 Å². The molecule has 2 aromatic rings. The third kappa shape index (κ3) is 4.03. The average Bonchev–Trinajstić information content (AvgIpc) is 2.81. The first-order chi connectivity index (χ1) is 11.4. The van der Waals surface area contributed by atoms with Crippen LogP contribution in [-0.4, -0.2) is 5.78 Å². The second kappa shape index (κ2) is 6.76. The molecule has 1 aliphatic carbocycles. The average molecular weight is 318 g/mol. The summed E-state index contributed by atoms with van der Waals surface area (Å²) < 4.78 is 0. The second-order valence-electron chi connectivity index (χ2n) is 7.77. The van der Waals surface area contributed by atoms with E-state index in [0.29, 0.717) is 12.3 Å². The Kier molecular flexibility index (Phi) is 4.71. The minimum atomic E-state index is 0.181. The Labute approximate surface area is 145 Å². The van der Waals surface area contributed by atoms with Crippen molar-refractivity contribution in [2.45, 2.75) is 40.0 Å². The summed E-state index contributed by atoms with van der Waals surface area (Å²) >= 11 is 0. The van der Waals surface area contributed by atoms with E-state index in [4.69, 9.17) is 0 Å². The Morgan fingerprint density at radius 2 is 1.83 bits per heavy atom. The maximum atomic E-state index is 12.6. The molecular weight excluding hydrogens is 292 g/mol. The van der Waals surface area contributed by atoms with E-state index >= 15 is 0 Å². The third-order valence-corrected chi connectivity index (χ3v) is 4.89. The highest BCUT2D eigenvalue weighted by molar-refractivity contribution is 5.96. The van der Waals surface area contributed by atoms with Gasteiger partial charge >= 0.3 is 0 Å². The molecule has 0 spiro atoms. The molecule has 0 aliphatic heterocycles. The molecule has 0 saturated carbocycles. The monoisotopic (exact) mass is 318 g/mol. The molecule has 1 heteroatoms. The lowest BCUT2D eigenvalue weighted by atomic mass is 9.85. The smallest absolute Gasteiger partial charge is 0.163 e. The van der Waals surface area contributed by atoms with Gasteiger partial charge < -0.3 is 0 Å². The van der Waals surface area contributed by atoms with Crippen LogP contribution in [0.5, 0.6) is 0 Å². The van der Waals surface area contributed by atoms with Crippen molar-refractivity contribution in [3.63, 3.8) is 0 Å². The van der Waals surface area contributed by atoms with Crippen LogP contribution in [0.1, 0.15) is 48.2 Å². The summed E-state index contributed by atoms with van der Waals surface area (Å²) in [6.07, 6.45) is 5.04. The number of aryl methyl sites for hydroxylation is 1. The summed E-state index contributed by atoms with van der Waals surface area (Å²) in [5.41, 5.74) is 5.08. The van der Waals surface area contributed by atoms with Gasteiger partial charge in [-0.1, -0.05) is 85.7 Å². The van der Waals surface area contributed by atoms with E-state index in [9.17, 15) is 4.79 Å². The highest BCUT2D eigenvalue weighted by atomic mass is 16.1. The Morgan fingerprint density at radius 3 is 2.54 bits per heavy atom. The molecule has 24 heavy (non-hydrogen) atoms. The van der Waals surface area contributed by atoms with Crippen molar-refractivity contribution in [2.75, 3.05) is 0 Å². The van der Waals surface area contributed by atoms with Gasteiger partial charge in [-0.2, -0.15) is 0 Å². The summed E-state index contributed by atoms with van der Waals surface area (Å²) in [6.45, 7) is 6.68. The summed E-state index contributed by atoms with van der Waals surface area (Å²) in [7, 11) is 0. The first-order valence-corrected chi connectivity index (χ1v) is 8.78. The van der Waals surface area contributed by atoms with Crippen LogP contribution in [0.2, 0.25) is 0 Å². The molecule has 0 amide bonds. The SMILES string of the molecule is Cc1cccc(CC2=CC(C)(C)CC2CC(=O)c2ccccc2)c1. The fraction of sp³-hybridized carbons (Fsp3) is 0.348. The number of ketones is 1. The molecule has 1 aliphatic rings. The summed E-state index contributed by atoms with van der Waals surface area (Å²) in [5.74, 6) is 0.613. The van der Waals surface area contributed by atoms with Crippen molar-refractivity contribution in [3.8, 4) is 0 Å². The van der Waals surface area contributed by atoms with E-state index in [-0.39, 0.29) is 11.2 Å². The van der Waals surface area contributed by atoms with Crippen LogP contribution in [0.25, 0.3) is 0 Å². The highest BCUT2D eigenvalue weighted by Crippen LogP contribution is 2.42. The number of carbonyl (C=O) groups is 1. The Bertz CT molecular complexity index is 753. The minimum Gasteiger partial charge on any atom is -0.294 e. The quantitative estimate of drug-likeness (QED) is 0.504. The zero-order chi connectivity index (χ0) is 17.2. The number of allylic oxidation sites excluding steroid dienone is 2. The minimum absolute atomic E-state index is 0.181. The molecule has 1 atom stereocenters. The van der Waals surface area contributed by atoms with Gasteiger partial charge in [-0.3, -0.25) is 4.79 Å². The molecule has 1 nitrogen and oxygen atoms in total. The normalized spacial score (nSPS) is 19.1. The van der Waals surface area contributed by atoms with Gasteiger partial charge in [0, 0.05) is 12.0 Å². The van der Waals surface area contributed by atoms with Crippen molar-refractivity contribution < 1.29 is 4.79 Å². The van der Waals surface area contributed by atoms with Gasteiger partial charge in [-0.15, -0.1) is 0 Å². The number of benzene rings is 2. The Balaban J connectivity index is 1.77. The first kappa shape index (κ1) is 16.7. The van der Waals surface area contributed by atoms with Gasteiger partial charge in [-0.05, 0) is 36.7 Å². The van der Waals surface area contributed by atoms with Crippen LogP contribution >= 0.6 is 0 Å². The molecule has 124 valence electrons. The van der Waals surface area contributed by atoms with E-state index in [1.54, 1.807) is 0 Å². The van der Waals surface area contributed by atoms with Gasteiger partial charge in [0.15, 0.2) is 5.78 Å². The predicted octanol–water partition coefficient (Wildman–Crippen LogP) is 5.78. The molecular formula is C23H26O. The van der Waals surface area contributed by atoms with Crippen molar-refractivity contribution >= 4 is 5.78 Å². The van der Waals surface area contributed by atoms with Gasteiger partial charge in [-0.25, -0.2) is 0 Å². The third-order valence-electron chi connectivity index (χ3n) is 4.89. The fourth-order valence-electron chi connectivity index (χ4n) is 3.87. The predicted molar refractivity (Wildman–Crippen MR) is 100 cm³/mol. The maximum absolute atomic E-state index is 12.6. The van der Waals surface area contributed by atoms with Crippen LogP contribution < -0.4 is 0 Å². The highest BCUT2D eigenvalue weighted by Gasteiger charge is 2.32. The summed E-state index contributed by atoms with van der Waals surface area (Å²) in [5, 5.41) is 0. The molecule has 0 bridgehead atoms. The van der Waals surface area contributed by atoms with E-state index in [0.717, 1.165) is 18.4 Å². The molecule has 0 aromatic heterocycles. The van der Waals surface area contributed by atoms with E-state index in [1.165, 1.54) is 16.7 Å². The molecule has 0 saturated heterocycles. The Morgan fingerprint density at radius 1 is 1.08 bits per heavy atom. The number of hydrogen-bond acceptors (Lipinski definition) is 1. The molecule has 0 radical (unpaired) electrons. The van der Waals surface area contributed by atoms with Crippen LogP contribution in [0.3, 0.4) is 0 Å². The number of carbonyl (C=O) groups excluding carboxylic acids is 1. The maximum Gasteiger partial charge on any atom is 0.163 e. The van der Waals surface area contributed by atoms with Gasteiger partial charge in [0.25, 0.3) is 0 Å². The summed E-state index contributed by atoms with van der Waals surface area (Å²) in [6, 6.07) is 18.4. The lowest BCUT2D eigenvalue weighted by molar-refractivity contribution is 0.0963. The largest absolute Gasteiger partial charge is 0.294 e. The topological polar surface area (TPSA) is 17.1 Å². The molecule has 3 rings (SSSR count). The van der Waals surface area contributed by atoms with Crippen LogP contribution in [0.15, 0.2) is 66.2 Å². The molecule has 2 aromatic carbocycles. The molecule has 0 N–H and O–H groups in total. The summed E-state index contributed by atoms with van der Waals surface area (Å²) in [4.78, 5) is 12.6. The Hall–Kier alpha value is -2.15. The zero-order valence-electron chi connectivity index (χ0n) is 14.9. The van der Waals surface area contributed by atoms with Crippen molar-refractivity contribution in [1.82, 2.24) is 0 Å². The molecule has 0 heterocycles. The fourth-order valence-corrected chi connectivity index (χ4v) is 3.87. The second-order valence-corrected chi connectivity index (χ2v) is 7.77. The standard InChI is InChI=1S/C23H26O/c1-17-8-7-9-18(12-17)13-20-15-23(2,3)16-21(20)14-22(24)19-10-5-4-6-11-19/h4-12,15,21H,13-14,16H2,1-3H3.